The Bertz CT molecular complexity index is 441. The highest BCUT2D eigenvalue weighted by Crippen LogP contribution is 2.19. The van der Waals surface area contributed by atoms with E-state index in [2.05, 4.69) is 56.1 Å². The largest absolute Gasteiger partial charge is 0.310 e. The van der Waals surface area contributed by atoms with Crippen LogP contribution in [0.2, 0.25) is 0 Å². The van der Waals surface area contributed by atoms with Crippen molar-refractivity contribution in [3.05, 3.63) is 34.9 Å². The van der Waals surface area contributed by atoms with Gasteiger partial charge in [-0.1, -0.05) is 30.2 Å². The molecule has 0 amide bonds. The number of hydrogen-bond acceptors (Lipinski definition) is 2. The molecule has 2 atom stereocenters. The van der Waals surface area contributed by atoms with Crippen molar-refractivity contribution in [2.24, 2.45) is 0 Å². The Labute approximate surface area is 130 Å². The number of hydrogen-bond donors (Lipinski definition) is 1. The summed E-state index contributed by atoms with van der Waals surface area (Å²) in [6.07, 6.45) is 5.43. The predicted octanol–water partition coefficient (Wildman–Crippen LogP) is 4.22. The van der Waals surface area contributed by atoms with Gasteiger partial charge in [0, 0.05) is 12.1 Å². The number of piperidine rings is 1. The van der Waals surface area contributed by atoms with E-state index in [4.69, 9.17) is 0 Å². The first-order valence-corrected chi connectivity index (χ1v) is 8.62. The molecule has 0 aliphatic carbocycles. The van der Waals surface area contributed by atoms with Gasteiger partial charge >= 0.3 is 0 Å². The third kappa shape index (κ3) is 4.82. The number of aryl methyl sites for hydroxylation is 2. The summed E-state index contributed by atoms with van der Waals surface area (Å²) in [6, 6.07) is 8.01. The maximum Gasteiger partial charge on any atom is 0.0294 e. The first kappa shape index (κ1) is 16.5. The fourth-order valence-corrected chi connectivity index (χ4v) is 3.51. The molecule has 1 heterocycles. The van der Waals surface area contributed by atoms with Crippen LogP contribution in [-0.4, -0.2) is 30.6 Å². The third-order valence-electron chi connectivity index (χ3n) is 4.91. The van der Waals surface area contributed by atoms with Gasteiger partial charge in [0.05, 0.1) is 0 Å². The molecule has 1 aliphatic heterocycles. The van der Waals surface area contributed by atoms with Crippen LogP contribution in [0.15, 0.2) is 18.2 Å². The fourth-order valence-electron chi connectivity index (χ4n) is 3.51. The van der Waals surface area contributed by atoms with Crippen molar-refractivity contribution in [1.29, 1.82) is 0 Å². The summed E-state index contributed by atoms with van der Waals surface area (Å²) in [4.78, 5) is 2.66. The lowest BCUT2D eigenvalue weighted by Crippen LogP contribution is -2.39. The molecular formula is C19H32N2. The van der Waals surface area contributed by atoms with Gasteiger partial charge in [-0.05, 0) is 77.7 Å². The van der Waals surface area contributed by atoms with Crippen LogP contribution in [0.25, 0.3) is 0 Å². The molecule has 0 spiro atoms. The normalized spacial score (nSPS) is 21.4. The standard InChI is InChI=1S/C19H32N2/c1-15-9-10-19(16(2)14-15)18(4)20-11-7-13-21-12-6-5-8-17(21)3/h9-10,14,17-18,20H,5-8,11-13H2,1-4H3. The van der Waals surface area contributed by atoms with Gasteiger partial charge in [-0.3, -0.25) is 0 Å². The maximum absolute atomic E-state index is 3.69. The fraction of sp³-hybridized carbons (Fsp3) is 0.684. The summed E-state index contributed by atoms with van der Waals surface area (Å²) in [5.41, 5.74) is 4.19. The monoisotopic (exact) mass is 288 g/mol. The third-order valence-corrected chi connectivity index (χ3v) is 4.91. The minimum absolute atomic E-state index is 0.448. The lowest BCUT2D eigenvalue weighted by atomic mass is 10.0. The van der Waals surface area contributed by atoms with E-state index < -0.39 is 0 Å². The molecule has 21 heavy (non-hydrogen) atoms. The van der Waals surface area contributed by atoms with Crippen LogP contribution in [0.3, 0.4) is 0 Å². The van der Waals surface area contributed by atoms with E-state index in [1.165, 1.54) is 55.5 Å². The molecule has 2 rings (SSSR count). The zero-order chi connectivity index (χ0) is 15.2. The van der Waals surface area contributed by atoms with Gasteiger partial charge < -0.3 is 10.2 Å². The van der Waals surface area contributed by atoms with Gasteiger partial charge in [0.25, 0.3) is 0 Å². The Morgan fingerprint density at radius 3 is 2.81 bits per heavy atom. The number of rotatable bonds is 6. The summed E-state index contributed by atoms with van der Waals surface area (Å²) in [7, 11) is 0. The summed E-state index contributed by atoms with van der Waals surface area (Å²) >= 11 is 0. The summed E-state index contributed by atoms with van der Waals surface area (Å²) < 4.78 is 0. The smallest absolute Gasteiger partial charge is 0.0294 e. The highest BCUT2D eigenvalue weighted by molar-refractivity contribution is 5.32. The number of likely N-dealkylation sites (tertiary alicyclic amines) is 1. The Balaban J connectivity index is 1.72. The molecule has 1 saturated heterocycles. The Kier molecular flexibility index (Phi) is 6.25. The Morgan fingerprint density at radius 1 is 1.29 bits per heavy atom. The zero-order valence-corrected chi connectivity index (χ0v) is 14.3. The van der Waals surface area contributed by atoms with Crippen molar-refractivity contribution >= 4 is 0 Å². The summed E-state index contributed by atoms with van der Waals surface area (Å²) in [6.45, 7) is 12.7. The van der Waals surface area contributed by atoms with Crippen LogP contribution >= 0.6 is 0 Å². The second kappa shape index (κ2) is 7.95. The van der Waals surface area contributed by atoms with Gasteiger partial charge in [-0.25, -0.2) is 0 Å². The lowest BCUT2D eigenvalue weighted by molar-refractivity contribution is 0.158. The Morgan fingerprint density at radius 2 is 2.10 bits per heavy atom. The van der Waals surface area contributed by atoms with Gasteiger partial charge in [-0.15, -0.1) is 0 Å². The lowest BCUT2D eigenvalue weighted by Gasteiger charge is -2.33. The van der Waals surface area contributed by atoms with Crippen molar-refractivity contribution in [2.75, 3.05) is 19.6 Å². The minimum atomic E-state index is 0.448. The minimum Gasteiger partial charge on any atom is -0.310 e. The van der Waals surface area contributed by atoms with E-state index in [0.717, 1.165) is 12.6 Å². The molecule has 1 aromatic rings. The van der Waals surface area contributed by atoms with Crippen LogP contribution < -0.4 is 5.32 Å². The quantitative estimate of drug-likeness (QED) is 0.789. The van der Waals surface area contributed by atoms with E-state index in [0.29, 0.717) is 6.04 Å². The summed E-state index contributed by atoms with van der Waals surface area (Å²) in [5.74, 6) is 0. The van der Waals surface area contributed by atoms with Crippen molar-refractivity contribution in [2.45, 2.75) is 65.5 Å². The van der Waals surface area contributed by atoms with E-state index >= 15 is 0 Å². The molecule has 1 N–H and O–H groups in total. The van der Waals surface area contributed by atoms with Crippen molar-refractivity contribution in [3.63, 3.8) is 0 Å². The molecule has 0 saturated carbocycles. The van der Waals surface area contributed by atoms with Gasteiger partial charge in [0.2, 0.25) is 0 Å². The first-order valence-electron chi connectivity index (χ1n) is 8.62. The molecule has 0 bridgehead atoms. The van der Waals surface area contributed by atoms with Crippen LogP contribution in [0.4, 0.5) is 0 Å². The predicted molar refractivity (Wildman–Crippen MR) is 91.8 cm³/mol. The van der Waals surface area contributed by atoms with Crippen molar-refractivity contribution in [1.82, 2.24) is 10.2 Å². The first-order chi connectivity index (χ1) is 10.1. The van der Waals surface area contributed by atoms with Gasteiger partial charge in [0.15, 0.2) is 0 Å². The van der Waals surface area contributed by atoms with Gasteiger partial charge in [-0.2, -0.15) is 0 Å². The molecule has 2 heteroatoms. The molecule has 1 aliphatic rings. The van der Waals surface area contributed by atoms with Crippen molar-refractivity contribution < 1.29 is 0 Å². The molecule has 118 valence electrons. The topological polar surface area (TPSA) is 15.3 Å². The van der Waals surface area contributed by atoms with E-state index in [9.17, 15) is 0 Å². The molecule has 0 radical (unpaired) electrons. The molecular weight excluding hydrogens is 256 g/mol. The molecule has 1 fully saturated rings. The van der Waals surface area contributed by atoms with Gasteiger partial charge in [0.1, 0.15) is 0 Å². The zero-order valence-electron chi connectivity index (χ0n) is 14.3. The van der Waals surface area contributed by atoms with E-state index in [1.807, 2.05) is 0 Å². The number of benzene rings is 1. The van der Waals surface area contributed by atoms with E-state index in [1.54, 1.807) is 0 Å². The van der Waals surface area contributed by atoms with Crippen LogP contribution in [0.1, 0.15) is 62.3 Å². The highest BCUT2D eigenvalue weighted by Gasteiger charge is 2.17. The number of nitrogens with zero attached hydrogens (tertiary/aromatic N) is 1. The van der Waals surface area contributed by atoms with Crippen LogP contribution in [0.5, 0.6) is 0 Å². The molecule has 0 aromatic heterocycles. The van der Waals surface area contributed by atoms with Crippen molar-refractivity contribution in [3.8, 4) is 0 Å². The van der Waals surface area contributed by atoms with Crippen LogP contribution in [-0.2, 0) is 0 Å². The van der Waals surface area contributed by atoms with Crippen LogP contribution in [0, 0.1) is 13.8 Å². The Hall–Kier alpha value is -0.860. The molecule has 2 unspecified atom stereocenters. The summed E-state index contributed by atoms with van der Waals surface area (Å²) in [5, 5.41) is 3.69. The van der Waals surface area contributed by atoms with E-state index in [-0.39, 0.29) is 0 Å². The second-order valence-corrected chi connectivity index (χ2v) is 6.77. The maximum atomic E-state index is 3.69. The average molecular weight is 288 g/mol. The second-order valence-electron chi connectivity index (χ2n) is 6.77. The SMILES string of the molecule is Cc1ccc(C(C)NCCCN2CCCCC2C)c(C)c1. The number of nitrogens with one attached hydrogen (secondary N) is 1. The molecule has 1 aromatic carbocycles. The highest BCUT2D eigenvalue weighted by atomic mass is 15.2. The molecule has 2 nitrogen and oxygen atoms in total. The average Bonchev–Trinajstić information content (AvgIpc) is 2.45.